The zero-order valence-electron chi connectivity index (χ0n) is 13.2. The van der Waals surface area contributed by atoms with Crippen molar-refractivity contribution in [1.29, 1.82) is 0 Å². The van der Waals surface area contributed by atoms with Gasteiger partial charge in [0.1, 0.15) is 17.3 Å². The van der Waals surface area contributed by atoms with Gasteiger partial charge in [-0.05, 0) is 32.0 Å². The van der Waals surface area contributed by atoms with Crippen LogP contribution in [-0.4, -0.2) is 14.5 Å². The molecule has 0 aliphatic carbocycles. The molecule has 0 saturated carbocycles. The van der Waals surface area contributed by atoms with Gasteiger partial charge < -0.3 is 15.3 Å². The van der Waals surface area contributed by atoms with Crippen molar-refractivity contribution in [2.75, 3.05) is 5.73 Å². The number of imidazole rings is 1. The van der Waals surface area contributed by atoms with Crippen LogP contribution in [0.15, 0.2) is 41.3 Å². The lowest BCUT2D eigenvalue weighted by atomic mass is 10.1. The van der Waals surface area contributed by atoms with Crippen molar-refractivity contribution in [2.24, 2.45) is 0 Å². The molecule has 0 bridgehead atoms. The second-order valence-electron chi connectivity index (χ2n) is 5.73. The molecule has 5 nitrogen and oxygen atoms in total. The fourth-order valence-corrected chi connectivity index (χ4v) is 2.53. The SMILES string of the molecule is CC(C)n1cc(-c2[nH]c(N)nc2-c2ccc(F)cc2F)ccc1=O. The molecule has 0 radical (unpaired) electrons. The van der Waals surface area contributed by atoms with E-state index in [4.69, 9.17) is 5.73 Å². The molecule has 0 aliphatic heterocycles. The van der Waals surface area contributed by atoms with Crippen LogP contribution in [0.4, 0.5) is 14.7 Å². The van der Waals surface area contributed by atoms with E-state index in [1.165, 1.54) is 12.1 Å². The van der Waals surface area contributed by atoms with Crippen molar-refractivity contribution in [2.45, 2.75) is 19.9 Å². The van der Waals surface area contributed by atoms with Gasteiger partial charge in [0.25, 0.3) is 5.56 Å². The van der Waals surface area contributed by atoms with E-state index in [-0.39, 0.29) is 28.8 Å². The summed E-state index contributed by atoms with van der Waals surface area (Å²) in [6, 6.07) is 6.25. The van der Waals surface area contributed by atoms with E-state index >= 15 is 0 Å². The first kappa shape index (κ1) is 15.9. The average molecular weight is 330 g/mol. The third-order valence-electron chi connectivity index (χ3n) is 3.69. The maximum Gasteiger partial charge on any atom is 0.250 e. The minimum Gasteiger partial charge on any atom is -0.369 e. The minimum atomic E-state index is -0.736. The maximum absolute atomic E-state index is 14.1. The summed E-state index contributed by atoms with van der Waals surface area (Å²) in [5, 5.41) is 0. The molecule has 3 rings (SSSR count). The molecule has 3 aromatic rings. The quantitative estimate of drug-likeness (QED) is 0.773. The number of nitrogens with two attached hydrogens (primary N) is 1. The highest BCUT2D eigenvalue weighted by Crippen LogP contribution is 2.32. The lowest BCUT2D eigenvalue weighted by molar-refractivity contribution is 0.579. The van der Waals surface area contributed by atoms with E-state index in [0.29, 0.717) is 11.3 Å². The summed E-state index contributed by atoms with van der Waals surface area (Å²) in [6.07, 6.45) is 1.66. The van der Waals surface area contributed by atoms with Gasteiger partial charge in [0.05, 0.1) is 5.69 Å². The van der Waals surface area contributed by atoms with Crippen LogP contribution in [-0.2, 0) is 0 Å². The van der Waals surface area contributed by atoms with E-state index in [9.17, 15) is 13.6 Å². The van der Waals surface area contributed by atoms with Crippen molar-refractivity contribution in [1.82, 2.24) is 14.5 Å². The number of nitrogen functional groups attached to an aromatic ring is 1. The number of halogens is 2. The molecule has 0 fully saturated rings. The molecule has 3 N–H and O–H groups in total. The van der Waals surface area contributed by atoms with Crippen molar-refractivity contribution in [3.63, 3.8) is 0 Å². The second kappa shape index (κ2) is 5.92. The molecule has 7 heteroatoms. The molecule has 0 atom stereocenters. The Morgan fingerprint density at radius 1 is 1.21 bits per heavy atom. The molecule has 2 aromatic heterocycles. The third kappa shape index (κ3) is 2.80. The molecule has 1 aromatic carbocycles. The number of aromatic amines is 1. The van der Waals surface area contributed by atoms with Gasteiger partial charge in [-0.15, -0.1) is 0 Å². The average Bonchev–Trinajstić information content (AvgIpc) is 2.89. The van der Waals surface area contributed by atoms with Gasteiger partial charge in [-0.2, -0.15) is 0 Å². The molecular formula is C17H16F2N4O. The summed E-state index contributed by atoms with van der Waals surface area (Å²) in [7, 11) is 0. The Labute approximate surface area is 136 Å². The van der Waals surface area contributed by atoms with Gasteiger partial charge in [0, 0.05) is 35.5 Å². The first-order chi connectivity index (χ1) is 11.4. The van der Waals surface area contributed by atoms with Gasteiger partial charge in [-0.1, -0.05) is 0 Å². The number of rotatable bonds is 3. The molecule has 0 saturated heterocycles. The van der Waals surface area contributed by atoms with Crippen LogP contribution >= 0.6 is 0 Å². The van der Waals surface area contributed by atoms with Crippen molar-refractivity contribution >= 4 is 5.95 Å². The van der Waals surface area contributed by atoms with E-state index < -0.39 is 11.6 Å². The summed E-state index contributed by atoms with van der Waals surface area (Å²) < 4.78 is 28.8. The smallest absolute Gasteiger partial charge is 0.250 e. The summed E-state index contributed by atoms with van der Waals surface area (Å²) in [4.78, 5) is 18.9. The zero-order valence-corrected chi connectivity index (χ0v) is 13.2. The first-order valence-corrected chi connectivity index (χ1v) is 7.40. The number of pyridine rings is 1. The van der Waals surface area contributed by atoms with Crippen LogP contribution in [0, 0.1) is 11.6 Å². The number of nitrogens with one attached hydrogen (secondary N) is 1. The number of nitrogens with zero attached hydrogens (tertiary/aromatic N) is 2. The highest BCUT2D eigenvalue weighted by molar-refractivity contribution is 5.79. The summed E-state index contributed by atoms with van der Waals surface area (Å²) in [6.45, 7) is 3.76. The van der Waals surface area contributed by atoms with Crippen LogP contribution in [0.2, 0.25) is 0 Å². The van der Waals surface area contributed by atoms with E-state index in [1.807, 2.05) is 13.8 Å². The number of benzene rings is 1. The Bertz CT molecular complexity index is 959. The van der Waals surface area contributed by atoms with Gasteiger partial charge in [0.15, 0.2) is 5.95 Å². The fourth-order valence-electron chi connectivity index (χ4n) is 2.53. The topological polar surface area (TPSA) is 76.7 Å². The van der Waals surface area contributed by atoms with Gasteiger partial charge in [-0.25, -0.2) is 13.8 Å². The van der Waals surface area contributed by atoms with Crippen molar-refractivity contribution < 1.29 is 8.78 Å². The normalized spacial score (nSPS) is 11.2. The van der Waals surface area contributed by atoms with Crippen LogP contribution in [0.1, 0.15) is 19.9 Å². The highest BCUT2D eigenvalue weighted by atomic mass is 19.1. The number of aromatic nitrogens is 3. The highest BCUT2D eigenvalue weighted by Gasteiger charge is 2.17. The van der Waals surface area contributed by atoms with Crippen LogP contribution in [0.3, 0.4) is 0 Å². The second-order valence-corrected chi connectivity index (χ2v) is 5.73. The minimum absolute atomic E-state index is 0.0382. The third-order valence-corrected chi connectivity index (χ3v) is 3.69. The molecule has 0 amide bonds. The first-order valence-electron chi connectivity index (χ1n) is 7.40. The number of hydrogen-bond acceptors (Lipinski definition) is 3. The van der Waals surface area contributed by atoms with Crippen LogP contribution in [0.5, 0.6) is 0 Å². The molecule has 0 spiro atoms. The largest absolute Gasteiger partial charge is 0.369 e. The summed E-state index contributed by atoms with van der Waals surface area (Å²) in [5.41, 5.74) is 7.07. The van der Waals surface area contributed by atoms with Crippen LogP contribution in [0.25, 0.3) is 22.5 Å². The Kier molecular flexibility index (Phi) is 3.92. The monoisotopic (exact) mass is 330 g/mol. The van der Waals surface area contributed by atoms with Gasteiger partial charge >= 0.3 is 0 Å². The van der Waals surface area contributed by atoms with Crippen molar-refractivity contribution in [3.8, 4) is 22.5 Å². The summed E-state index contributed by atoms with van der Waals surface area (Å²) >= 11 is 0. The predicted molar refractivity (Wildman–Crippen MR) is 88.4 cm³/mol. The molecule has 124 valence electrons. The Morgan fingerprint density at radius 2 is 1.96 bits per heavy atom. The number of hydrogen-bond donors (Lipinski definition) is 2. The lowest BCUT2D eigenvalue weighted by Crippen LogP contribution is -2.20. The lowest BCUT2D eigenvalue weighted by Gasteiger charge is -2.11. The Morgan fingerprint density at radius 3 is 2.62 bits per heavy atom. The zero-order chi connectivity index (χ0) is 17.4. The molecular weight excluding hydrogens is 314 g/mol. The number of anilines is 1. The fraction of sp³-hybridized carbons (Fsp3) is 0.176. The predicted octanol–water partition coefficient (Wildman–Crippen LogP) is 3.35. The van der Waals surface area contributed by atoms with Crippen LogP contribution < -0.4 is 11.3 Å². The maximum atomic E-state index is 14.1. The molecule has 2 heterocycles. The number of H-pyrrole nitrogens is 1. The van der Waals surface area contributed by atoms with E-state index in [1.54, 1.807) is 16.8 Å². The summed E-state index contributed by atoms with van der Waals surface area (Å²) in [5.74, 6) is -1.30. The van der Waals surface area contributed by atoms with Gasteiger partial charge in [-0.3, -0.25) is 4.79 Å². The van der Waals surface area contributed by atoms with E-state index in [2.05, 4.69) is 9.97 Å². The van der Waals surface area contributed by atoms with Gasteiger partial charge in [0.2, 0.25) is 0 Å². The standard InChI is InChI=1S/C17H16F2N4O/c1-9(2)23-8-10(3-6-14(23)24)15-16(22-17(20)21-15)12-5-4-11(18)7-13(12)19/h3-9H,1-2H3,(H3,20,21,22). The van der Waals surface area contributed by atoms with Crippen molar-refractivity contribution in [3.05, 3.63) is 58.5 Å². The molecule has 0 unspecified atom stereocenters. The molecule has 0 aliphatic rings. The Balaban J connectivity index is 2.20. The Hall–Kier alpha value is -2.96. The van der Waals surface area contributed by atoms with E-state index in [0.717, 1.165) is 12.1 Å². The molecule has 24 heavy (non-hydrogen) atoms.